The molecular weight excluding hydrogens is 578 g/mol. The van der Waals surface area contributed by atoms with E-state index in [4.69, 9.17) is 4.42 Å². The molecule has 0 saturated carbocycles. The Labute approximate surface area is 190 Å². The molecule has 6 heteroatoms. The molecule has 0 saturated heterocycles. The van der Waals surface area contributed by atoms with Gasteiger partial charge in [0.25, 0.3) is 5.91 Å². The average molecular weight is 594 g/mol. The van der Waals surface area contributed by atoms with Crippen molar-refractivity contribution in [2.45, 2.75) is 13.8 Å². The lowest BCUT2D eigenvalue weighted by atomic mass is 10.1. The standard InChI is InChI=1S/C22H16I2N2O2/c1-12-6-9-20-19(10-12)26-22(28-20)15-4-3-5-18(13(15)2)25-21(27)16-11-14(23)7-8-17(16)24/h3-11H,1-2H3,(H,25,27). The average Bonchev–Trinajstić information content (AvgIpc) is 3.08. The van der Waals surface area contributed by atoms with Gasteiger partial charge in [0, 0.05) is 18.4 Å². The summed E-state index contributed by atoms with van der Waals surface area (Å²) in [5.41, 5.74) is 5.91. The first-order valence-electron chi connectivity index (χ1n) is 8.66. The molecule has 1 amide bonds. The van der Waals surface area contributed by atoms with Gasteiger partial charge in [-0.1, -0.05) is 12.1 Å². The third-order valence-electron chi connectivity index (χ3n) is 4.53. The lowest BCUT2D eigenvalue weighted by molar-refractivity contribution is 0.102. The predicted molar refractivity (Wildman–Crippen MR) is 129 cm³/mol. The summed E-state index contributed by atoms with van der Waals surface area (Å²) in [6, 6.07) is 17.5. The number of benzene rings is 3. The Hall–Kier alpha value is -1.94. The summed E-state index contributed by atoms with van der Waals surface area (Å²) in [7, 11) is 0. The van der Waals surface area contributed by atoms with Gasteiger partial charge in [-0.2, -0.15) is 0 Å². The summed E-state index contributed by atoms with van der Waals surface area (Å²) in [6.45, 7) is 3.99. The Morgan fingerprint density at radius 2 is 1.86 bits per heavy atom. The molecule has 0 unspecified atom stereocenters. The Morgan fingerprint density at radius 1 is 1.04 bits per heavy atom. The van der Waals surface area contributed by atoms with Crippen LogP contribution in [0, 0.1) is 21.0 Å². The molecular formula is C22H16I2N2O2. The largest absolute Gasteiger partial charge is 0.436 e. The first-order chi connectivity index (χ1) is 13.4. The SMILES string of the molecule is Cc1ccc2oc(-c3cccc(NC(=O)c4cc(I)ccc4I)c3C)nc2c1. The van der Waals surface area contributed by atoms with Crippen LogP contribution in [0.1, 0.15) is 21.5 Å². The highest BCUT2D eigenvalue weighted by Crippen LogP contribution is 2.31. The molecule has 1 aromatic heterocycles. The van der Waals surface area contributed by atoms with Gasteiger partial charge in [-0.05, 0) is 113 Å². The van der Waals surface area contributed by atoms with E-state index in [1.807, 2.05) is 68.4 Å². The predicted octanol–water partition coefficient (Wildman–Crippen LogP) is 6.57. The van der Waals surface area contributed by atoms with Gasteiger partial charge in [0.1, 0.15) is 5.52 Å². The van der Waals surface area contributed by atoms with E-state index < -0.39 is 0 Å². The molecule has 0 aliphatic carbocycles. The van der Waals surface area contributed by atoms with Crippen LogP contribution in [0.15, 0.2) is 59.0 Å². The highest BCUT2D eigenvalue weighted by atomic mass is 127. The van der Waals surface area contributed by atoms with E-state index in [-0.39, 0.29) is 5.91 Å². The number of amides is 1. The Kier molecular flexibility index (Phi) is 5.42. The van der Waals surface area contributed by atoms with Crippen LogP contribution in [0.2, 0.25) is 0 Å². The summed E-state index contributed by atoms with van der Waals surface area (Å²) in [5.74, 6) is 0.425. The molecule has 0 fully saturated rings. The molecule has 28 heavy (non-hydrogen) atoms. The zero-order valence-electron chi connectivity index (χ0n) is 15.2. The van der Waals surface area contributed by atoms with Gasteiger partial charge in [0.2, 0.25) is 5.89 Å². The summed E-state index contributed by atoms with van der Waals surface area (Å²) < 4.78 is 7.88. The second kappa shape index (κ2) is 7.82. The molecule has 140 valence electrons. The summed E-state index contributed by atoms with van der Waals surface area (Å²) in [5, 5.41) is 3.03. The van der Waals surface area contributed by atoms with E-state index in [0.29, 0.717) is 11.5 Å². The molecule has 1 heterocycles. The minimum absolute atomic E-state index is 0.128. The zero-order chi connectivity index (χ0) is 19.8. The number of hydrogen-bond donors (Lipinski definition) is 1. The second-order valence-corrected chi connectivity index (χ2v) is 8.95. The fourth-order valence-corrected chi connectivity index (χ4v) is 4.09. The Morgan fingerprint density at radius 3 is 2.68 bits per heavy atom. The van der Waals surface area contributed by atoms with Gasteiger partial charge < -0.3 is 9.73 Å². The van der Waals surface area contributed by atoms with E-state index >= 15 is 0 Å². The third kappa shape index (κ3) is 3.80. The number of aryl methyl sites for hydroxylation is 1. The fraction of sp³-hybridized carbons (Fsp3) is 0.0909. The van der Waals surface area contributed by atoms with Crippen molar-refractivity contribution in [3.05, 3.63) is 78.4 Å². The van der Waals surface area contributed by atoms with Crippen molar-refractivity contribution in [1.82, 2.24) is 4.98 Å². The van der Waals surface area contributed by atoms with Crippen LogP contribution in [-0.2, 0) is 0 Å². The van der Waals surface area contributed by atoms with Crippen molar-refractivity contribution >= 4 is 67.9 Å². The quantitative estimate of drug-likeness (QED) is 0.273. The number of hydrogen-bond acceptors (Lipinski definition) is 3. The molecule has 0 aliphatic rings. The van der Waals surface area contributed by atoms with Crippen molar-refractivity contribution < 1.29 is 9.21 Å². The van der Waals surface area contributed by atoms with Gasteiger partial charge in [0.15, 0.2) is 5.58 Å². The fourth-order valence-electron chi connectivity index (χ4n) is 3.02. The number of carbonyl (C=O) groups is 1. The molecule has 1 N–H and O–H groups in total. The summed E-state index contributed by atoms with van der Waals surface area (Å²) in [6.07, 6.45) is 0. The normalized spacial score (nSPS) is 11.0. The number of halogens is 2. The molecule has 0 bridgehead atoms. The zero-order valence-corrected chi connectivity index (χ0v) is 19.5. The number of aromatic nitrogens is 1. The number of carbonyl (C=O) groups excluding carboxylic acids is 1. The third-order valence-corrected chi connectivity index (χ3v) is 6.14. The Bertz CT molecular complexity index is 1210. The van der Waals surface area contributed by atoms with Crippen LogP contribution in [-0.4, -0.2) is 10.9 Å². The van der Waals surface area contributed by atoms with Crippen molar-refractivity contribution in [3.63, 3.8) is 0 Å². The van der Waals surface area contributed by atoms with Crippen LogP contribution in [0.25, 0.3) is 22.6 Å². The van der Waals surface area contributed by atoms with Crippen LogP contribution in [0.3, 0.4) is 0 Å². The van der Waals surface area contributed by atoms with Crippen LogP contribution in [0.5, 0.6) is 0 Å². The van der Waals surface area contributed by atoms with E-state index in [9.17, 15) is 4.79 Å². The highest BCUT2D eigenvalue weighted by molar-refractivity contribution is 14.1. The lowest BCUT2D eigenvalue weighted by Crippen LogP contribution is -2.14. The monoisotopic (exact) mass is 594 g/mol. The number of fused-ring (bicyclic) bond motifs is 1. The van der Waals surface area contributed by atoms with Gasteiger partial charge in [0.05, 0.1) is 5.56 Å². The smallest absolute Gasteiger partial charge is 0.256 e. The molecule has 4 nitrogen and oxygen atoms in total. The van der Waals surface area contributed by atoms with Crippen molar-refractivity contribution in [3.8, 4) is 11.5 Å². The molecule has 3 aromatic carbocycles. The van der Waals surface area contributed by atoms with Crippen molar-refractivity contribution in [1.29, 1.82) is 0 Å². The van der Waals surface area contributed by atoms with E-state index in [1.54, 1.807) is 0 Å². The second-order valence-electron chi connectivity index (χ2n) is 6.55. The number of anilines is 1. The maximum Gasteiger partial charge on any atom is 0.256 e. The molecule has 0 spiro atoms. The molecule has 4 aromatic rings. The number of nitrogens with zero attached hydrogens (tertiary/aromatic N) is 1. The minimum atomic E-state index is -0.128. The molecule has 0 atom stereocenters. The van der Waals surface area contributed by atoms with Gasteiger partial charge in [-0.15, -0.1) is 0 Å². The molecule has 0 radical (unpaired) electrons. The molecule has 0 aliphatic heterocycles. The van der Waals surface area contributed by atoms with E-state index in [1.165, 1.54) is 0 Å². The molecule has 4 rings (SSSR count). The maximum absolute atomic E-state index is 12.8. The highest BCUT2D eigenvalue weighted by Gasteiger charge is 2.16. The van der Waals surface area contributed by atoms with Crippen molar-refractivity contribution in [2.75, 3.05) is 5.32 Å². The maximum atomic E-state index is 12.8. The van der Waals surface area contributed by atoms with E-state index in [2.05, 4.69) is 55.5 Å². The van der Waals surface area contributed by atoms with Crippen LogP contribution >= 0.6 is 45.2 Å². The van der Waals surface area contributed by atoms with Gasteiger partial charge >= 0.3 is 0 Å². The minimum Gasteiger partial charge on any atom is -0.436 e. The topological polar surface area (TPSA) is 55.1 Å². The first kappa shape index (κ1) is 19.4. The first-order valence-corrected chi connectivity index (χ1v) is 10.8. The number of nitrogens with one attached hydrogen (secondary N) is 1. The summed E-state index contributed by atoms with van der Waals surface area (Å²) >= 11 is 4.39. The van der Waals surface area contributed by atoms with Gasteiger partial charge in [-0.25, -0.2) is 4.98 Å². The number of rotatable bonds is 3. The Balaban J connectivity index is 1.70. The van der Waals surface area contributed by atoms with E-state index in [0.717, 1.165) is 40.6 Å². The lowest BCUT2D eigenvalue weighted by Gasteiger charge is -2.12. The summed E-state index contributed by atoms with van der Waals surface area (Å²) in [4.78, 5) is 17.4. The number of oxazole rings is 1. The van der Waals surface area contributed by atoms with Crippen LogP contribution in [0.4, 0.5) is 5.69 Å². The van der Waals surface area contributed by atoms with Gasteiger partial charge in [-0.3, -0.25) is 4.79 Å². The van der Waals surface area contributed by atoms with Crippen LogP contribution < -0.4 is 5.32 Å². The van der Waals surface area contributed by atoms with Crippen molar-refractivity contribution in [2.24, 2.45) is 0 Å².